The molecule has 0 radical (unpaired) electrons. The van der Waals surface area contributed by atoms with Crippen molar-refractivity contribution in [2.24, 2.45) is 0 Å². The molecule has 0 saturated carbocycles. The second-order valence-electron chi connectivity index (χ2n) is 19.1. The topological polar surface area (TPSA) is 9.72 Å². The highest BCUT2D eigenvalue weighted by atomic mass is 15.2. The number of fused-ring (bicyclic) bond motifs is 4. The average Bonchev–Trinajstić information content (AvgIpc) is 3.45. The highest BCUT2D eigenvalue weighted by Gasteiger charge is 2.44. The third kappa shape index (κ3) is 7.66. The number of nitrogens with zero attached hydrogens (tertiary/aromatic N) is 3. The molecule has 0 aromatic heterocycles. The van der Waals surface area contributed by atoms with Crippen molar-refractivity contribution >= 4 is 74.3 Å². The van der Waals surface area contributed by atoms with Crippen LogP contribution in [0.1, 0.15) is 11.1 Å². The molecule has 0 fully saturated rings. The predicted octanol–water partition coefficient (Wildman–Crippen LogP) is 16.5. The summed E-state index contributed by atoms with van der Waals surface area (Å²) in [4.78, 5) is 7.49. The van der Waals surface area contributed by atoms with Gasteiger partial charge in [0.05, 0.1) is 5.69 Å². The van der Waals surface area contributed by atoms with Crippen LogP contribution in [-0.4, -0.2) is 6.71 Å². The number of hydrogen-bond acceptors (Lipinski definition) is 3. The van der Waals surface area contributed by atoms with Gasteiger partial charge in [-0.05, 0) is 148 Å². The summed E-state index contributed by atoms with van der Waals surface area (Å²) in [6.45, 7) is 4.21. The van der Waals surface area contributed by atoms with Crippen molar-refractivity contribution in [3.63, 3.8) is 0 Å². The van der Waals surface area contributed by atoms with E-state index in [4.69, 9.17) is 0 Å². The Balaban J connectivity index is 1.12. The standard InChI is InChI=1S/C68H50BN3/c1-47-23-33-57(34-24-47)70(58-35-25-48(2)26-36-58)61-45-66-68-67(46-61)72(60-39-29-54(30-40-60)50-17-9-4-10-18-50)65-42-32-56(52-21-13-6-14-22-52)44-63(65)69(68)62-43-55(51-19-11-5-12-20-51)31-41-64(62)71(66)59-37-27-53(28-38-59)49-15-7-3-8-16-49/h3-46H,1-2H3. The number of rotatable bonds is 9. The third-order valence-corrected chi connectivity index (χ3v) is 14.6. The van der Waals surface area contributed by atoms with Gasteiger partial charge >= 0.3 is 0 Å². The molecule has 2 aliphatic rings. The molecule has 0 aliphatic carbocycles. The van der Waals surface area contributed by atoms with Crippen molar-refractivity contribution in [3.8, 4) is 44.5 Å². The highest BCUT2D eigenvalue weighted by Crippen LogP contribution is 2.49. The van der Waals surface area contributed by atoms with Gasteiger partial charge in [-0.1, -0.05) is 205 Å². The maximum absolute atomic E-state index is 2.53. The van der Waals surface area contributed by atoms with Crippen LogP contribution in [0.3, 0.4) is 0 Å². The van der Waals surface area contributed by atoms with Gasteiger partial charge in [0.15, 0.2) is 0 Å². The zero-order valence-corrected chi connectivity index (χ0v) is 40.3. The van der Waals surface area contributed by atoms with Crippen molar-refractivity contribution in [1.29, 1.82) is 0 Å². The summed E-state index contributed by atoms with van der Waals surface area (Å²) in [5.74, 6) is 0. The molecule has 0 N–H and O–H groups in total. The molecular formula is C68H50BN3. The third-order valence-electron chi connectivity index (χ3n) is 14.6. The fourth-order valence-electron chi connectivity index (χ4n) is 11.0. The first-order chi connectivity index (χ1) is 35.5. The predicted molar refractivity (Wildman–Crippen MR) is 306 cm³/mol. The summed E-state index contributed by atoms with van der Waals surface area (Å²) in [6, 6.07) is 98.4. The Morgan fingerprint density at radius 2 is 0.597 bits per heavy atom. The van der Waals surface area contributed by atoms with Crippen LogP contribution in [0.4, 0.5) is 51.2 Å². The summed E-state index contributed by atoms with van der Waals surface area (Å²) in [5.41, 5.74) is 25.9. The van der Waals surface area contributed by atoms with Crippen LogP contribution in [0.25, 0.3) is 44.5 Å². The van der Waals surface area contributed by atoms with Gasteiger partial charge in [0.2, 0.25) is 0 Å². The molecule has 11 aromatic carbocycles. The highest BCUT2D eigenvalue weighted by molar-refractivity contribution is 7.00. The average molecular weight is 920 g/mol. The monoisotopic (exact) mass is 919 g/mol. The van der Waals surface area contributed by atoms with Crippen molar-refractivity contribution in [2.75, 3.05) is 14.7 Å². The zero-order valence-electron chi connectivity index (χ0n) is 40.3. The maximum Gasteiger partial charge on any atom is 0.252 e. The summed E-state index contributed by atoms with van der Waals surface area (Å²) >= 11 is 0. The second-order valence-corrected chi connectivity index (χ2v) is 19.1. The molecule has 13 rings (SSSR count). The molecule has 340 valence electrons. The van der Waals surface area contributed by atoms with Crippen molar-refractivity contribution in [2.45, 2.75) is 13.8 Å². The lowest BCUT2D eigenvalue weighted by molar-refractivity contribution is 1.22. The lowest BCUT2D eigenvalue weighted by Gasteiger charge is -2.45. The summed E-state index contributed by atoms with van der Waals surface area (Å²) in [7, 11) is 0. The van der Waals surface area contributed by atoms with Gasteiger partial charge in [-0.3, -0.25) is 0 Å². The van der Waals surface area contributed by atoms with Gasteiger partial charge in [-0.15, -0.1) is 0 Å². The lowest BCUT2D eigenvalue weighted by atomic mass is 9.33. The quantitative estimate of drug-likeness (QED) is 0.134. The molecule has 4 heteroatoms. The molecule has 11 aromatic rings. The van der Waals surface area contributed by atoms with E-state index in [9.17, 15) is 0 Å². The zero-order chi connectivity index (χ0) is 48.1. The van der Waals surface area contributed by atoms with E-state index >= 15 is 0 Å². The Morgan fingerprint density at radius 1 is 0.278 bits per heavy atom. The Kier molecular flexibility index (Phi) is 10.7. The van der Waals surface area contributed by atoms with Gasteiger partial charge < -0.3 is 14.7 Å². The van der Waals surface area contributed by atoms with E-state index in [2.05, 4.69) is 295 Å². The first kappa shape index (κ1) is 42.9. The second kappa shape index (κ2) is 18.0. The fourth-order valence-corrected chi connectivity index (χ4v) is 11.0. The van der Waals surface area contributed by atoms with Crippen molar-refractivity contribution < 1.29 is 0 Å². The number of anilines is 9. The lowest BCUT2D eigenvalue weighted by Crippen LogP contribution is -2.61. The minimum absolute atomic E-state index is 0.103. The minimum atomic E-state index is -0.103. The Labute approximate surface area is 423 Å². The molecule has 0 amide bonds. The molecule has 0 unspecified atom stereocenters. The molecule has 0 saturated heterocycles. The Hall–Kier alpha value is -9.12. The van der Waals surface area contributed by atoms with Gasteiger partial charge in [-0.25, -0.2) is 0 Å². The Bertz CT molecular complexity index is 3480. The van der Waals surface area contributed by atoms with Crippen LogP contribution in [0.5, 0.6) is 0 Å². The van der Waals surface area contributed by atoms with Gasteiger partial charge in [-0.2, -0.15) is 0 Å². The number of hydrogen-bond donors (Lipinski definition) is 0. The molecule has 0 spiro atoms. The van der Waals surface area contributed by atoms with E-state index in [1.165, 1.54) is 72.0 Å². The van der Waals surface area contributed by atoms with E-state index in [1.54, 1.807) is 0 Å². The SMILES string of the molecule is Cc1ccc(N(c2ccc(C)cc2)c2cc3c4c(c2)N(c2ccc(-c5ccccc5)cc2)c2ccc(-c5ccccc5)cc2B4c2cc(-c4ccccc4)ccc2N3c2ccc(-c3ccccc3)cc2)cc1. The van der Waals surface area contributed by atoms with Crippen LogP contribution in [0.2, 0.25) is 0 Å². The smallest absolute Gasteiger partial charge is 0.252 e. The van der Waals surface area contributed by atoms with Crippen LogP contribution < -0.4 is 31.1 Å². The van der Waals surface area contributed by atoms with E-state index in [1.807, 2.05) is 0 Å². The number of benzene rings is 11. The first-order valence-electron chi connectivity index (χ1n) is 24.9. The van der Waals surface area contributed by atoms with Crippen LogP contribution >= 0.6 is 0 Å². The Morgan fingerprint density at radius 3 is 0.958 bits per heavy atom. The summed E-state index contributed by atoms with van der Waals surface area (Å²) < 4.78 is 0. The van der Waals surface area contributed by atoms with Gasteiger partial charge in [0.1, 0.15) is 0 Å². The van der Waals surface area contributed by atoms with Crippen LogP contribution in [0, 0.1) is 13.8 Å². The summed E-state index contributed by atoms with van der Waals surface area (Å²) in [6.07, 6.45) is 0. The normalized spacial score (nSPS) is 12.2. The molecule has 3 nitrogen and oxygen atoms in total. The maximum atomic E-state index is 2.53. The molecule has 0 bridgehead atoms. The minimum Gasteiger partial charge on any atom is -0.311 e. The fraction of sp³-hybridized carbons (Fsp3) is 0.0294. The van der Waals surface area contributed by atoms with E-state index in [0.29, 0.717) is 0 Å². The molecule has 72 heavy (non-hydrogen) atoms. The molecule has 2 heterocycles. The van der Waals surface area contributed by atoms with Crippen molar-refractivity contribution in [1.82, 2.24) is 0 Å². The van der Waals surface area contributed by atoms with Gasteiger partial charge in [0.25, 0.3) is 6.71 Å². The van der Waals surface area contributed by atoms with E-state index < -0.39 is 0 Å². The van der Waals surface area contributed by atoms with Crippen LogP contribution in [-0.2, 0) is 0 Å². The molecule has 0 atom stereocenters. The van der Waals surface area contributed by atoms with E-state index in [-0.39, 0.29) is 6.71 Å². The summed E-state index contributed by atoms with van der Waals surface area (Å²) in [5, 5.41) is 0. The van der Waals surface area contributed by atoms with E-state index in [0.717, 1.165) is 51.2 Å². The first-order valence-corrected chi connectivity index (χ1v) is 24.9. The molecule has 2 aliphatic heterocycles. The van der Waals surface area contributed by atoms with Crippen molar-refractivity contribution in [3.05, 3.63) is 278 Å². The largest absolute Gasteiger partial charge is 0.311 e. The van der Waals surface area contributed by atoms with Gasteiger partial charge in [0, 0.05) is 45.5 Å². The molecular weight excluding hydrogens is 870 g/mol. The number of aryl methyl sites for hydroxylation is 2. The van der Waals surface area contributed by atoms with Crippen LogP contribution in [0.15, 0.2) is 267 Å².